The second-order valence-electron chi connectivity index (χ2n) is 3.94. The Kier molecular flexibility index (Phi) is 3.53. The fourth-order valence-electron chi connectivity index (χ4n) is 1.72. The van der Waals surface area contributed by atoms with E-state index in [1.165, 1.54) is 6.07 Å². The Morgan fingerprint density at radius 3 is 2.50 bits per heavy atom. The molecule has 0 saturated carbocycles. The second kappa shape index (κ2) is 5.10. The summed E-state index contributed by atoms with van der Waals surface area (Å²) in [5.74, 6) is -0.835. The molecule has 18 heavy (non-hydrogen) atoms. The first-order chi connectivity index (χ1) is 8.56. The Hall–Kier alpha value is -2.00. The van der Waals surface area contributed by atoms with Crippen LogP contribution in [0.15, 0.2) is 42.5 Å². The molecule has 0 amide bonds. The maximum Gasteiger partial charge on any atom is 0.307 e. The van der Waals surface area contributed by atoms with Crippen molar-refractivity contribution in [2.45, 2.75) is 6.42 Å². The van der Waals surface area contributed by atoms with Crippen molar-refractivity contribution < 1.29 is 15.0 Å². The van der Waals surface area contributed by atoms with Gasteiger partial charge in [-0.15, -0.1) is 0 Å². The van der Waals surface area contributed by atoms with E-state index in [-0.39, 0.29) is 17.2 Å². The smallest absolute Gasteiger partial charge is 0.307 e. The van der Waals surface area contributed by atoms with Gasteiger partial charge in [-0.3, -0.25) is 4.79 Å². The number of rotatable bonds is 3. The quantitative estimate of drug-likeness (QED) is 0.892. The molecule has 2 aromatic rings. The molecule has 2 aromatic carbocycles. The van der Waals surface area contributed by atoms with Gasteiger partial charge in [0.15, 0.2) is 0 Å². The molecule has 4 heteroatoms. The molecule has 0 heterocycles. The number of carbonyl (C=O) groups is 1. The van der Waals surface area contributed by atoms with Crippen LogP contribution in [0.1, 0.15) is 5.56 Å². The van der Waals surface area contributed by atoms with E-state index in [0.717, 1.165) is 16.7 Å². The highest BCUT2D eigenvalue weighted by molar-refractivity contribution is 6.32. The van der Waals surface area contributed by atoms with Gasteiger partial charge >= 0.3 is 5.97 Å². The van der Waals surface area contributed by atoms with Crippen LogP contribution in [-0.4, -0.2) is 16.2 Å². The Bertz CT molecular complexity index is 593. The van der Waals surface area contributed by atoms with E-state index in [1.807, 2.05) is 6.07 Å². The van der Waals surface area contributed by atoms with Gasteiger partial charge in [-0.1, -0.05) is 41.9 Å². The summed E-state index contributed by atoms with van der Waals surface area (Å²) in [6.07, 6.45) is -0.0142. The fourth-order valence-corrected chi connectivity index (χ4v) is 1.90. The van der Waals surface area contributed by atoms with Gasteiger partial charge in [-0.05, 0) is 28.8 Å². The molecule has 0 atom stereocenters. The number of phenols is 1. The summed E-state index contributed by atoms with van der Waals surface area (Å²) < 4.78 is 0. The largest absolute Gasteiger partial charge is 0.506 e. The maximum atomic E-state index is 10.7. The van der Waals surface area contributed by atoms with E-state index < -0.39 is 5.97 Å². The number of phenolic OH excluding ortho intramolecular Hbond substituents is 1. The van der Waals surface area contributed by atoms with E-state index in [9.17, 15) is 9.90 Å². The Balaban J connectivity index is 2.38. The molecule has 2 rings (SSSR count). The van der Waals surface area contributed by atoms with Crippen molar-refractivity contribution in [2.75, 3.05) is 0 Å². The zero-order valence-electron chi connectivity index (χ0n) is 9.43. The van der Waals surface area contributed by atoms with Gasteiger partial charge in [0, 0.05) is 0 Å². The summed E-state index contributed by atoms with van der Waals surface area (Å²) in [5, 5.41) is 18.4. The first kappa shape index (κ1) is 12.5. The average Bonchev–Trinajstić information content (AvgIpc) is 2.32. The Labute approximate surface area is 109 Å². The van der Waals surface area contributed by atoms with E-state index in [2.05, 4.69) is 0 Å². The summed E-state index contributed by atoms with van der Waals surface area (Å²) in [7, 11) is 0. The van der Waals surface area contributed by atoms with Crippen LogP contribution in [-0.2, 0) is 11.2 Å². The molecule has 2 N–H and O–H groups in total. The van der Waals surface area contributed by atoms with Gasteiger partial charge in [-0.2, -0.15) is 0 Å². The highest BCUT2D eigenvalue weighted by Crippen LogP contribution is 2.29. The van der Waals surface area contributed by atoms with Gasteiger partial charge in [0.2, 0.25) is 0 Å². The van der Waals surface area contributed by atoms with Gasteiger partial charge in [0.1, 0.15) is 5.75 Å². The monoisotopic (exact) mass is 262 g/mol. The molecule has 0 fully saturated rings. The lowest BCUT2D eigenvalue weighted by Gasteiger charge is -2.05. The van der Waals surface area contributed by atoms with Gasteiger partial charge in [-0.25, -0.2) is 0 Å². The minimum Gasteiger partial charge on any atom is -0.506 e. The van der Waals surface area contributed by atoms with Crippen LogP contribution >= 0.6 is 11.6 Å². The minimum atomic E-state index is -0.865. The summed E-state index contributed by atoms with van der Waals surface area (Å²) in [5.41, 5.74) is 2.44. The van der Waals surface area contributed by atoms with Gasteiger partial charge in [0.05, 0.1) is 11.4 Å². The molecule has 0 radical (unpaired) electrons. The van der Waals surface area contributed by atoms with Crippen LogP contribution in [0.2, 0.25) is 5.02 Å². The van der Waals surface area contributed by atoms with E-state index >= 15 is 0 Å². The normalized spacial score (nSPS) is 10.3. The molecule has 0 aliphatic rings. The fraction of sp³-hybridized carbons (Fsp3) is 0.0714. The van der Waals surface area contributed by atoms with E-state index in [4.69, 9.17) is 16.7 Å². The van der Waals surface area contributed by atoms with Crippen molar-refractivity contribution in [3.63, 3.8) is 0 Å². The van der Waals surface area contributed by atoms with Crippen LogP contribution in [0.5, 0.6) is 5.75 Å². The van der Waals surface area contributed by atoms with Crippen LogP contribution in [0.25, 0.3) is 11.1 Å². The summed E-state index contributed by atoms with van der Waals surface area (Å²) in [6, 6.07) is 12.1. The molecular weight excluding hydrogens is 252 g/mol. The lowest BCUT2D eigenvalue weighted by atomic mass is 10.0. The number of aliphatic carboxylic acids is 1. The second-order valence-corrected chi connectivity index (χ2v) is 4.34. The zero-order valence-corrected chi connectivity index (χ0v) is 10.2. The van der Waals surface area contributed by atoms with Crippen molar-refractivity contribution in [2.24, 2.45) is 0 Å². The topological polar surface area (TPSA) is 57.5 Å². The third-order valence-electron chi connectivity index (χ3n) is 2.56. The molecule has 0 aromatic heterocycles. The third-order valence-corrected chi connectivity index (χ3v) is 2.87. The van der Waals surface area contributed by atoms with Crippen molar-refractivity contribution >= 4 is 17.6 Å². The average molecular weight is 263 g/mol. The molecule has 0 spiro atoms. The van der Waals surface area contributed by atoms with Crippen LogP contribution < -0.4 is 0 Å². The van der Waals surface area contributed by atoms with Crippen LogP contribution in [0, 0.1) is 0 Å². The van der Waals surface area contributed by atoms with Gasteiger partial charge < -0.3 is 10.2 Å². The standard InChI is InChI=1S/C14H11ClO3/c15-12-8-11(4-5-13(12)16)10-3-1-2-9(6-10)7-14(17)18/h1-6,8,16H,7H2,(H,17,18). The number of carboxylic acids is 1. The molecule has 0 aliphatic heterocycles. The van der Waals surface area contributed by atoms with Crippen LogP contribution in [0.4, 0.5) is 0 Å². The van der Waals surface area contributed by atoms with E-state index in [1.54, 1.807) is 30.3 Å². The molecule has 92 valence electrons. The molecule has 0 aliphatic carbocycles. The molecule has 0 unspecified atom stereocenters. The number of halogens is 1. The Morgan fingerprint density at radius 2 is 1.83 bits per heavy atom. The first-order valence-electron chi connectivity index (χ1n) is 5.36. The van der Waals surface area contributed by atoms with E-state index in [0.29, 0.717) is 0 Å². The van der Waals surface area contributed by atoms with Crippen molar-refractivity contribution in [1.29, 1.82) is 0 Å². The summed E-state index contributed by atoms with van der Waals surface area (Å²) in [4.78, 5) is 10.7. The van der Waals surface area contributed by atoms with Gasteiger partial charge in [0.25, 0.3) is 0 Å². The summed E-state index contributed by atoms with van der Waals surface area (Å²) >= 11 is 5.84. The number of hydrogen-bond donors (Lipinski definition) is 2. The van der Waals surface area contributed by atoms with Crippen molar-refractivity contribution in [3.8, 4) is 16.9 Å². The zero-order chi connectivity index (χ0) is 13.1. The lowest BCUT2D eigenvalue weighted by molar-refractivity contribution is -0.136. The molecular formula is C14H11ClO3. The predicted octanol–water partition coefficient (Wildman–Crippen LogP) is 3.34. The lowest BCUT2D eigenvalue weighted by Crippen LogP contribution is -1.99. The molecule has 0 bridgehead atoms. The number of carboxylic acid groups (broad SMARTS) is 1. The SMILES string of the molecule is O=C(O)Cc1cccc(-c2ccc(O)c(Cl)c2)c1. The first-order valence-corrected chi connectivity index (χ1v) is 5.73. The molecule has 3 nitrogen and oxygen atoms in total. The number of hydrogen-bond acceptors (Lipinski definition) is 2. The third kappa shape index (κ3) is 2.81. The number of aromatic hydroxyl groups is 1. The molecule has 0 saturated heterocycles. The van der Waals surface area contributed by atoms with Crippen LogP contribution in [0.3, 0.4) is 0 Å². The highest BCUT2D eigenvalue weighted by Gasteiger charge is 2.05. The van der Waals surface area contributed by atoms with Crippen molar-refractivity contribution in [3.05, 3.63) is 53.1 Å². The Morgan fingerprint density at radius 1 is 1.11 bits per heavy atom. The predicted molar refractivity (Wildman–Crippen MR) is 69.9 cm³/mol. The number of benzene rings is 2. The highest BCUT2D eigenvalue weighted by atomic mass is 35.5. The maximum absolute atomic E-state index is 10.7. The minimum absolute atomic E-state index is 0.0142. The summed E-state index contributed by atoms with van der Waals surface area (Å²) in [6.45, 7) is 0. The van der Waals surface area contributed by atoms with Crippen molar-refractivity contribution in [1.82, 2.24) is 0 Å².